The first-order valence-corrected chi connectivity index (χ1v) is 5.56. The Morgan fingerprint density at radius 1 is 1.50 bits per heavy atom. The molecule has 0 aliphatic carbocycles. The second-order valence-electron chi connectivity index (χ2n) is 3.13. The van der Waals surface area contributed by atoms with E-state index in [2.05, 4.69) is 0 Å². The van der Waals surface area contributed by atoms with Crippen LogP contribution in [0.3, 0.4) is 0 Å². The number of thioether (sulfide) groups is 1. The number of amides is 1. The van der Waals surface area contributed by atoms with E-state index in [4.69, 9.17) is 5.11 Å². The molecular weight excluding hydrogens is 202 g/mol. The first-order chi connectivity index (χ1) is 6.61. The summed E-state index contributed by atoms with van der Waals surface area (Å²) in [4.78, 5) is 23.4. The highest BCUT2D eigenvalue weighted by Crippen LogP contribution is 2.15. The van der Waals surface area contributed by atoms with Crippen LogP contribution < -0.4 is 0 Å². The highest BCUT2D eigenvalue weighted by molar-refractivity contribution is 7.99. The molecule has 1 rings (SSSR count). The monoisotopic (exact) mass is 215 g/mol. The van der Waals surface area contributed by atoms with Crippen LogP contribution in [0.1, 0.15) is 6.92 Å². The van der Waals surface area contributed by atoms with Crippen molar-refractivity contribution < 1.29 is 14.7 Å². The zero-order chi connectivity index (χ0) is 10.6. The van der Waals surface area contributed by atoms with Crippen LogP contribution in [0.15, 0.2) is 12.2 Å². The molecule has 0 saturated carbocycles. The van der Waals surface area contributed by atoms with E-state index < -0.39 is 5.97 Å². The Kier molecular flexibility index (Phi) is 4.00. The van der Waals surface area contributed by atoms with E-state index in [9.17, 15) is 9.59 Å². The molecule has 1 amide bonds. The van der Waals surface area contributed by atoms with Gasteiger partial charge in [-0.3, -0.25) is 4.79 Å². The molecule has 0 radical (unpaired) electrons. The maximum absolute atomic E-state index is 11.5. The Hall–Kier alpha value is -0.970. The van der Waals surface area contributed by atoms with Gasteiger partial charge in [0.05, 0.1) is 0 Å². The summed E-state index contributed by atoms with van der Waals surface area (Å²) < 4.78 is 0. The minimum absolute atomic E-state index is 0.194. The number of carbonyl (C=O) groups excluding carboxylic acids is 1. The van der Waals surface area contributed by atoms with Gasteiger partial charge in [0.1, 0.15) is 0 Å². The van der Waals surface area contributed by atoms with Crippen molar-refractivity contribution in [3.05, 3.63) is 12.2 Å². The summed E-state index contributed by atoms with van der Waals surface area (Å²) in [5.41, 5.74) is 0. The Balaban J connectivity index is 2.54. The smallest absolute Gasteiger partial charge is 0.328 e. The molecule has 78 valence electrons. The third-order valence-corrected chi connectivity index (χ3v) is 3.21. The first-order valence-electron chi connectivity index (χ1n) is 4.40. The molecular formula is C9H13NO3S. The molecule has 1 aliphatic heterocycles. The first kappa shape index (κ1) is 11.1. The van der Waals surface area contributed by atoms with Crippen molar-refractivity contribution >= 4 is 23.6 Å². The SMILES string of the molecule is CC1CSCCN1C(=O)/C=C\C(=O)O. The molecule has 5 heteroatoms. The highest BCUT2D eigenvalue weighted by Gasteiger charge is 2.21. The molecule has 0 spiro atoms. The molecule has 0 aromatic heterocycles. The lowest BCUT2D eigenvalue weighted by molar-refractivity contribution is -0.132. The number of hydrogen-bond donors (Lipinski definition) is 1. The Bertz CT molecular complexity index is 265. The second kappa shape index (κ2) is 5.05. The van der Waals surface area contributed by atoms with Gasteiger partial charge in [-0.15, -0.1) is 0 Å². The van der Waals surface area contributed by atoms with Crippen molar-refractivity contribution in [2.45, 2.75) is 13.0 Å². The van der Waals surface area contributed by atoms with Gasteiger partial charge in [0.25, 0.3) is 0 Å². The topological polar surface area (TPSA) is 57.6 Å². The van der Waals surface area contributed by atoms with E-state index in [0.29, 0.717) is 6.54 Å². The van der Waals surface area contributed by atoms with Gasteiger partial charge in [-0.2, -0.15) is 11.8 Å². The zero-order valence-corrected chi connectivity index (χ0v) is 8.79. The van der Waals surface area contributed by atoms with E-state index in [1.165, 1.54) is 0 Å². The molecule has 0 aromatic rings. The van der Waals surface area contributed by atoms with Gasteiger partial charge in [-0.1, -0.05) is 0 Å². The number of carboxylic acids is 1. The Morgan fingerprint density at radius 2 is 2.21 bits per heavy atom. The fraction of sp³-hybridized carbons (Fsp3) is 0.556. The van der Waals surface area contributed by atoms with Crippen molar-refractivity contribution in [3.63, 3.8) is 0 Å². The van der Waals surface area contributed by atoms with Gasteiger partial charge in [0.15, 0.2) is 0 Å². The van der Waals surface area contributed by atoms with Crippen molar-refractivity contribution in [1.29, 1.82) is 0 Å². The molecule has 0 bridgehead atoms. The van der Waals surface area contributed by atoms with Crippen molar-refractivity contribution in [2.24, 2.45) is 0 Å². The third-order valence-electron chi connectivity index (χ3n) is 2.02. The summed E-state index contributed by atoms with van der Waals surface area (Å²) in [6.07, 6.45) is 2.01. The molecule has 14 heavy (non-hydrogen) atoms. The minimum Gasteiger partial charge on any atom is -0.478 e. The van der Waals surface area contributed by atoms with E-state index in [0.717, 1.165) is 23.7 Å². The van der Waals surface area contributed by atoms with Gasteiger partial charge in [0.2, 0.25) is 5.91 Å². The summed E-state index contributed by atoms with van der Waals surface area (Å²) in [6, 6.07) is 0.194. The summed E-state index contributed by atoms with van der Waals surface area (Å²) in [5, 5.41) is 8.36. The van der Waals surface area contributed by atoms with Crippen LogP contribution in [-0.2, 0) is 9.59 Å². The minimum atomic E-state index is -1.09. The van der Waals surface area contributed by atoms with E-state index in [1.54, 1.807) is 4.90 Å². The molecule has 1 saturated heterocycles. The molecule has 1 atom stereocenters. The highest BCUT2D eigenvalue weighted by atomic mass is 32.2. The van der Waals surface area contributed by atoms with Gasteiger partial charge in [-0.25, -0.2) is 4.79 Å². The predicted octanol–water partition coefficient (Wildman–Crippen LogP) is 0.591. The maximum Gasteiger partial charge on any atom is 0.328 e. The lowest BCUT2D eigenvalue weighted by Gasteiger charge is -2.32. The fourth-order valence-electron chi connectivity index (χ4n) is 1.29. The summed E-state index contributed by atoms with van der Waals surface area (Å²) in [6.45, 7) is 2.67. The van der Waals surface area contributed by atoms with E-state index >= 15 is 0 Å². The molecule has 1 aliphatic rings. The Labute approximate surface area is 87.0 Å². The molecule has 1 N–H and O–H groups in total. The number of nitrogens with zero attached hydrogens (tertiary/aromatic N) is 1. The Morgan fingerprint density at radius 3 is 2.79 bits per heavy atom. The van der Waals surface area contributed by atoms with Gasteiger partial charge < -0.3 is 10.0 Å². The maximum atomic E-state index is 11.5. The van der Waals surface area contributed by atoms with E-state index in [1.807, 2.05) is 18.7 Å². The lowest BCUT2D eigenvalue weighted by Crippen LogP contribution is -2.43. The third kappa shape index (κ3) is 3.06. The van der Waals surface area contributed by atoms with Crippen molar-refractivity contribution in [1.82, 2.24) is 4.90 Å². The second-order valence-corrected chi connectivity index (χ2v) is 4.28. The van der Waals surface area contributed by atoms with Crippen molar-refractivity contribution in [3.8, 4) is 0 Å². The molecule has 1 heterocycles. The summed E-state index contributed by atoms with van der Waals surface area (Å²) in [7, 11) is 0. The van der Waals surface area contributed by atoms with E-state index in [-0.39, 0.29) is 11.9 Å². The van der Waals surface area contributed by atoms with Crippen LogP contribution in [0.25, 0.3) is 0 Å². The number of hydrogen-bond acceptors (Lipinski definition) is 3. The van der Waals surface area contributed by atoms with Crippen LogP contribution in [-0.4, -0.2) is 46.0 Å². The molecule has 1 unspecified atom stereocenters. The lowest BCUT2D eigenvalue weighted by atomic mass is 10.3. The van der Waals surface area contributed by atoms with Gasteiger partial charge in [0, 0.05) is 36.2 Å². The quantitative estimate of drug-likeness (QED) is 0.685. The van der Waals surface area contributed by atoms with Crippen molar-refractivity contribution in [2.75, 3.05) is 18.1 Å². The van der Waals surface area contributed by atoms with Gasteiger partial charge in [-0.05, 0) is 6.92 Å². The van der Waals surface area contributed by atoms with Gasteiger partial charge >= 0.3 is 5.97 Å². The number of carboxylic acid groups (broad SMARTS) is 1. The average Bonchev–Trinajstić information content (AvgIpc) is 2.15. The average molecular weight is 215 g/mol. The fourth-order valence-corrected chi connectivity index (χ4v) is 2.31. The molecule has 0 aromatic carbocycles. The summed E-state index contributed by atoms with van der Waals surface area (Å²) in [5.74, 6) is 0.557. The molecule has 4 nitrogen and oxygen atoms in total. The van der Waals surface area contributed by atoms with Crippen LogP contribution in [0.4, 0.5) is 0 Å². The van der Waals surface area contributed by atoms with Crippen LogP contribution in [0, 0.1) is 0 Å². The predicted molar refractivity (Wildman–Crippen MR) is 55.3 cm³/mol. The van der Waals surface area contributed by atoms with Crippen LogP contribution >= 0.6 is 11.8 Å². The van der Waals surface area contributed by atoms with Crippen LogP contribution in [0.5, 0.6) is 0 Å². The standard InChI is InChI=1S/C9H13NO3S/c1-7-6-14-5-4-10(7)8(11)2-3-9(12)13/h2-3,7H,4-6H2,1H3,(H,12,13)/b3-2-. The number of rotatable bonds is 2. The summed E-state index contributed by atoms with van der Waals surface area (Å²) >= 11 is 1.81. The number of aliphatic carboxylic acids is 1. The normalized spacial score (nSPS) is 22.6. The number of carbonyl (C=O) groups is 2. The van der Waals surface area contributed by atoms with Crippen LogP contribution in [0.2, 0.25) is 0 Å². The zero-order valence-electron chi connectivity index (χ0n) is 7.97. The largest absolute Gasteiger partial charge is 0.478 e. The molecule has 1 fully saturated rings.